The molecule has 0 unspecified atom stereocenters. The summed E-state index contributed by atoms with van der Waals surface area (Å²) < 4.78 is 2.08. The zero-order valence-corrected chi connectivity index (χ0v) is 11.8. The van der Waals surface area contributed by atoms with Gasteiger partial charge in [-0.15, -0.1) is 11.6 Å². The number of alkyl halides is 1. The number of aromatic nitrogens is 2. The van der Waals surface area contributed by atoms with Crippen molar-refractivity contribution in [1.29, 1.82) is 0 Å². The summed E-state index contributed by atoms with van der Waals surface area (Å²) in [5.41, 5.74) is 6.52. The largest absolute Gasteiger partial charge is 0.302 e. The van der Waals surface area contributed by atoms with E-state index in [9.17, 15) is 0 Å². The van der Waals surface area contributed by atoms with E-state index in [0.717, 1.165) is 22.6 Å². The molecule has 0 saturated heterocycles. The normalized spacial score (nSPS) is 11.1. The van der Waals surface area contributed by atoms with Crippen LogP contribution in [0.5, 0.6) is 0 Å². The van der Waals surface area contributed by atoms with Gasteiger partial charge in [-0.1, -0.05) is 35.9 Å². The Balaban J connectivity index is 2.25. The van der Waals surface area contributed by atoms with E-state index in [-0.39, 0.29) is 0 Å². The van der Waals surface area contributed by atoms with E-state index in [4.69, 9.17) is 16.6 Å². The Labute approximate surface area is 117 Å². The molecule has 2 heterocycles. The van der Waals surface area contributed by atoms with Crippen molar-refractivity contribution in [2.75, 3.05) is 0 Å². The minimum Gasteiger partial charge on any atom is -0.302 e. The number of halogens is 1. The highest BCUT2D eigenvalue weighted by Crippen LogP contribution is 2.26. The van der Waals surface area contributed by atoms with Crippen LogP contribution in [0.25, 0.3) is 16.9 Å². The van der Waals surface area contributed by atoms with E-state index in [0.29, 0.717) is 5.88 Å². The molecular weight excluding hydrogens is 256 g/mol. The Morgan fingerprint density at radius 1 is 1.00 bits per heavy atom. The highest BCUT2D eigenvalue weighted by Gasteiger charge is 2.12. The third-order valence-electron chi connectivity index (χ3n) is 3.32. The molecule has 0 bridgehead atoms. The highest BCUT2D eigenvalue weighted by atomic mass is 35.5. The van der Waals surface area contributed by atoms with Crippen LogP contribution < -0.4 is 0 Å². The molecule has 0 spiro atoms. The molecule has 0 N–H and O–H groups in total. The SMILES string of the molecule is Cc1ccc(-c2nc3ccc(C)cn3c2CCl)cc1. The van der Waals surface area contributed by atoms with Crippen molar-refractivity contribution in [3.05, 3.63) is 59.4 Å². The molecule has 2 nitrogen and oxygen atoms in total. The fourth-order valence-corrected chi connectivity index (χ4v) is 2.53. The number of nitrogens with zero attached hydrogens (tertiary/aromatic N) is 2. The van der Waals surface area contributed by atoms with Gasteiger partial charge in [0.15, 0.2) is 0 Å². The summed E-state index contributed by atoms with van der Waals surface area (Å²) in [4.78, 5) is 4.70. The number of rotatable bonds is 2. The number of benzene rings is 1. The number of imidazole rings is 1. The van der Waals surface area contributed by atoms with Crippen LogP contribution in [0.1, 0.15) is 16.8 Å². The van der Waals surface area contributed by atoms with Crippen LogP contribution in [0.4, 0.5) is 0 Å². The molecule has 0 saturated carbocycles. The average molecular weight is 271 g/mol. The number of aryl methyl sites for hydroxylation is 2. The molecule has 0 aliphatic rings. The first-order valence-electron chi connectivity index (χ1n) is 6.29. The second-order valence-corrected chi connectivity index (χ2v) is 5.11. The van der Waals surface area contributed by atoms with Gasteiger partial charge in [-0.05, 0) is 25.5 Å². The van der Waals surface area contributed by atoms with Crippen LogP contribution in [0.15, 0.2) is 42.6 Å². The maximum absolute atomic E-state index is 6.13. The Bertz CT molecular complexity index is 726. The third kappa shape index (κ3) is 2.13. The first-order chi connectivity index (χ1) is 9.19. The van der Waals surface area contributed by atoms with Crippen LogP contribution in [0.2, 0.25) is 0 Å². The predicted octanol–water partition coefficient (Wildman–Crippen LogP) is 4.36. The lowest BCUT2D eigenvalue weighted by atomic mass is 10.1. The van der Waals surface area contributed by atoms with Crippen LogP contribution in [0, 0.1) is 13.8 Å². The van der Waals surface area contributed by atoms with Gasteiger partial charge in [0.2, 0.25) is 0 Å². The van der Waals surface area contributed by atoms with Gasteiger partial charge < -0.3 is 4.40 Å². The minimum atomic E-state index is 0.452. The molecule has 0 atom stereocenters. The van der Waals surface area contributed by atoms with Crippen LogP contribution in [-0.4, -0.2) is 9.38 Å². The van der Waals surface area contributed by atoms with Gasteiger partial charge in [0.1, 0.15) is 5.65 Å². The third-order valence-corrected chi connectivity index (χ3v) is 3.57. The maximum atomic E-state index is 6.13. The minimum absolute atomic E-state index is 0.452. The summed E-state index contributed by atoms with van der Waals surface area (Å²) in [7, 11) is 0. The lowest BCUT2D eigenvalue weighted by molar-refractivity contribution is 1.07. The molecule has 0 radical (unpaired) electrons. The van der Waals surface area contributed by atoms with Crippen molar-refractivity contribution < 1.29 is 0 Å². The molecule has 2 aromatic heterocycles. The highest BCUT2D eigenvalue weighted by molar-refractivity contribution is 6.17. The van der Waals surface area contributed by atoms with Crippen LogP contribution in [-0.2, 0) is 5.88 Å². The van der Waals surface area contributed by atoms with Gasteiger partial charge in [0.05, 0.1) is 17.3 Å². The van der Waals surface area contributed by atoms with E-state index < -0.39 is 0 Å². The van der Waals surface area contributed by atoms with E-state index in [2.05, 4.69) is 54.8 Å². The topological polar surface area (TPSA) is 17.3 Å². The molecule has 0 amide bonds. The predicted molar refractivity (Wildman–Crippen MR) is 79.7 cm³/mol. The Morgan fingerprint density at radius 2 is 1.68 bits per heavy atom. The number of fused-ring (bicyclic) bond motifs is 1. The standard InChI is InChI=1S/C16H15ClN2/c1-11-3-6-13(7-4-11)16-14(9-17)19-10-12(2)5-8-15(19)18-16/h3-8,10H,9H2,1-2H3. The first kappa shape index (κ1) is 12.2. The molecule has 1 aromatic carbocycles. The Morgan fingerprint density at radius 3 is 2.37 bits per heavy atom. The number of hydrogen-bond donors (Lipinski definition) is 0. The molecule has 3 heteroatoms. The van der Waals surface area contributed by atoms with Crippen molar-refractivity contribution in [2.45, 2.75) is 19.7 Å². The van der Waals surface area contributed by atoms with E-state index >= 15 is 0 Å². The van der Waals surface area contributed by atoms with E-state index in [1.165, 1.54) is 11.1 Å². The molecule has 3 rings (SSSR count). The summed E-state index contributed by atoms with van der Waals surface area (Å²) in [5.74, 6) is 0.452. The fourth-order valence-electron chi connectivity index (χ4n) is 2.27. The smallest absolute Gasteiger partial charge is 0.137 e. The lowest BCUT2D eigenvalue weighted by Gasteiger charge is -2.02. The average Bonchev–Trinajstić information content (AvgIpc) is 2.77. The van der Waals surface area contributed by atoms with Gasteiger partial charge in [0, 0.05) is 11.8 Å². The molecule has 96 valence electrons. The number of pyridine rings is 1. The van der Waals surface area contributed by atoms with E-state index in [1.54, 1.807) is 0 Å². The second kappa shape index (κ2) is 4.71. The molecule has 0 fully saturated rings. The summed E-state index contributed by atoms with van der Waals surface area (Å²) in [6.07, 6.45) is 2.08. The summed E-state index contributed by atoms with van der Waals surface area (Å²) in [5, 5.41) is 0. The molecule has 19 heavy (non-hydrogen) atoms. The van der Waals surface area contributed by atoms with Crippen molar-refractivity contribution in [3.63, 3.8) is 0 Å². The fraction of sp³-hybridized carbons (Fsp3) is 0.188. The van der Waals surface area contributed by atoms with Gasteiger partial charge in [-0.25, -0.2) is 4.98 Å². The molecular formula is C16H15ClN2. The van der Waals surface area contributed by atoms with Crippen LogP contribution in [0.3, 0.4) is 0 Å². The van der Waals surface area contributed by atoms with Crippen molar-refractivity contribution in [2.24, 2.45) is 0 Å². The van der Waals surface area contributed by atoms with E-state index in [1.807, 2.05) is 6.07 Å². The number of hydrogen-bond acceptors (Lipinski definition) is 1. The molecule has 0 aliphatic carbocycles. The lowest BCUT2D eigenvalue weighted by Crippen LogP contribution is -1.92. The van der Waals surface area contributed by atoms with Crippen molar-refractivity contribution >= 4 is 17.2 Å². The zero-order chi connectivity index (χ0) is 13.4. The zero-order valence-electron chi connectivity index (χ0n) is 11.0. The van der Waals surface area contributed by atoms with Crippen molar-refractivity contribution in [1.82, 2.24) is 9.38 Å². The second-order valence-electron chi connectivity index (χ2n) is 4.84. The van der Waals surface area contributed by atoms with Gasteiger partial charge in [-0.3, -0.25) is 0 Å². The Hall–Kier alpha value is -1.80. The summed E-state index contributed by atoms with van der Waals surface area (Å²) >= 11 is 6.13. The summed E-state index contributed by atoms with van der Waals surface area (Å²) in [6, 6.07) is 12.5. The maximum Gasteiger partial charge on any atom is 0.137 e. The monoisotopic (exact) mass is 270 g/mol. The van der Waals surface area contributed by atoms with Crippen LogP contribution >= 0.6 is 11.6 Å². The van der Waals surface area contributed by atoms with Gasteiger partial charge in [-0.2, -0.15) is 0 Å². The molecule has 3 aromatic rings. The van der Waals surface area contributed by atoms with Crippen molar-refractivity contribution in [3.8, 4) is 11.3 Å². The first-order valence-corrected chi connectivity index (χ1v) is 6.83. The van der Waals surface area contributed by atoms with Gasteiger partial charge >= 0.3 is 0 Å². The van der Waals surface area contributed by atoms with Gasteiger partial charge in [0.25, 0.3) is 0 Å². The quantitative estimate of drug-likeness (QED) is 0.633. The Kier molecular flexibility index (Phi) is 3.03. The summed E-state index contributed by atoms with van der Waals surface area (Å²) in [6.45, 7) is 4.16. The molecule has 0 aliphatic heterocycles.